The van der Waals surface area contributed by atoms with Crippen molar-refractivity contribution >= 4 is 5.91 Å². The Hall–Kier alpha value is -3.42. The van der Waals surface area contributed by atoms with Gasteiger partial charge in [0.25, 0.3) is 0 Å². The Morgan fingerprint density at radius 1 is 0.917 bits per heavy atom. The lowest BCUT2D eigenvalue weighted by Gasteiger charge is -2.34. The number of nitrogens with zero attached hydrogens (tertiary/aromatic N) is 4. The van der Waals surface area contributed by atoms with Crippen LogP contribution in [0.2, 0.25) is 0 Å². The second-order valence-electron chi connectivity index (χ2n) is 9.50. The molecule has 0 saturated carbocycles. The van der Waals surface area contributed by atoms with E-state index in [0.29, 0.717) is 26.1 Å². The van der Waals surface area contributed by atoms with Gasteiger partial charge in [-0.25, -0.2) is 0 Å². The fraction of sp³-hybridized carbons (Fsp3) is 0.379. The lowest BCUT2D eigenvalue weighted by Crippen LogP contribution is -2.45. The monoisotopic (exact) mass is 486 g/mol. The van der Waals surface area contributed by atoms with Gasteiger partial charge >= 0.3 is 0 Å². The van der Waals surface area contributed by atoms with Crippen LogP contribution in [-0.4, -0.2) is 72.0 Å². The summed E-state index contributed by atoms with van der Waals surface area (Å²) < 4.78 is 11.2. The summed E-state index contributed by atoms with van der Waals surface area (Å²) in [5, 5.41) is 0. The molecule has 5 rings (SSSR count). The highest BCUT2D eigenvalue weighted by Crippen LogP contribution is 2.26. The number of rotatable bonds is 7. The lowest BCUT2D eigenvalue weighted by molar-refractivity contribution is -0.131. The molecule has 0 N–H and O–H groups in total. The normalized spacial score (nSPS) is 16.6. The number of ether oxygens (including phenoxy) is 2. The van der Waals surface area contributed by atoms with E-state index in [1.165, 1.54) is 5.56 Å². The summed E-state index contributed by atoms with van der Waals surface area (Å²) in [4.78, 5) is 24.4. The molecule has 0 unspecified atom stereocenters. The highest BCUT2D eigenvalue weighted by atomic mass is 16.5. The number of methoxy groups -OCH3 is 1. The van der Waals surface area contributed by atoms with Crippen molar-refractivity contribution in [2.45, 2.75) is 26.1 Å². The van der Waals surface area contributed by atoms with Crippen molar-refractivity contribution in [2.75, 3.05) is 46.4 Å². The summed E-state index contributed by atoms with van der Waals surface area (Å²) in [5.41, 5.74) is 4.46. The van der Waals surface area contributed by atoms with Gasteiger partial charge in [0.05, 0.1) is 25.8 Å². The van der Waals surface area contributed by atoms with Crippen molar-refractivity contribution in [3.05, 3.63) is 89.2 Å². The van der Waals surface area contributed by atoms with Gasteiger partial charge in [-0.05, 0) is 47.5 Å². The fourth-order valence-electron chi connectivity index (χ4n) is 4.87. The maximum absolute atomic E-state index is 13.1. The van der Waals surface area contributed by atoms with Crippen LogP contribution in [0.1, 0.15) is 22.4 Å². The highest BCUT2D eigenvalue weighted by Gasteiger charge is 2.22. The summed E-state index contributed by atoms with van der Waals surface area (Å²) in [6.07, 6.45) is 2.24. The molecule has 1 fully saturated rings. The summed E-state index contributed by atoms with van der Waals surface area (Å²) >= 11 is 0. The van der Waals surface area contributed by atoms with Crippen LogP contribution in [0.15, 0.2) is 66.9 Å². The third kappa shape index (κ3) is 6.22. The van der Waals surface area contributed by atoms with Gasteiger partial charge in [0, 0.05) is 57.6 Å². The minimum Gasteiger partial charge on any atom is -0.497 e. The van der Waals surface area contributed by atoms with E-state index in [1.807, 2.05) is 41.4 Å². The number of benzene rings is 2. The van der Waals surface area contributed by atoms with Gasteiger partial charge in [-0.15, -0.1) is 0 Å². The minimum atomic E-state index is 0.117. The summed E-state index contributed by atoms with van der Waals surface area (Å²) in [5.74, 6) is 1.80. The third-order valence-electron chi connectivity index (χ3n) is 6.95. The molecule has 7 nitrogen and oxygen atoms in total. The third-order valence-corrected chi connectivity index (χ3v) is 6.95. The minimum absolute atomic E-state index is 0.117. The average molecular weight is 487 g/mol. The zero-order valence-electron chi connectivity index (χ0n) is 20.9. The van der Waals surface area contributed by atoms with Crippen LogP contribution in [0.4, 0.5) is 0 Å². The van der Waals surface area contributed by atoms with Crippen molar-refractivity contribution in [1.82, 2.24) is 19.7 Å². The van der Waals surface area contributed by atoms with E-state index in [-0.39, 0.29) is 5.91 Å². The molecule has 188 valence electrons. The standard InChI is InChI=1S/C29H34N4O3/c1-35-27-8-5-23(6-9-27)19-29(34)33-16-17-36-28-10-7-24(18-25(28)21-33)20-31-12-14-32(15-13-31)22-26-4-2-3-11-30-26/h2-11,18H,12-17,19-22H2,1H3. The molecule has 7 heteroatoms. The van der Waals surface area contributed by atoms with Gasteiger partial charge in [0.1, 0.15) is 18.1 Å². The van der Waals surface area contributed by atoms with E-state index in [0.717, 1.165) is 67.6 Å². The van der Waals surface area contributed by atoms with E-state index >= 15 is 0 Å². The molecule has 36 heavy (non-hydrogen) atoms. The molecule has 2 aliphatic rings. The number of hydrogen-bond acceptors (Lipinski definition) is 6. The van der Waals surface area contributed by atoms with E-state index in [1.54, 1.807) is 7.11 Å². The van der Waals surface area contributed by atoms with Crippen LogP contribution in [0.5, 0.6) is 11.5 Å². The Balaban J connectivity index is 1.17. The number of amides is 1. The first-order chi connectivity index (χ1) is 17.7. The molecule has 3 heterocycles. The van der Waals surface area contributed by atoms with Crippen molar-refractivity contribution in [3.63, 3.8) is 0 Å². The first-order valence-corrected chi connectivity index (χ1v) is 12.7. The van der Waals surface area contributed by atoms with Crippen LogP contribution in [0.25, 0.3) is 0 Å². The number of aromatic nitrogens is 1. The number of hydrogen-bond donors (Lipinski definition) is 0. The highest BCUT2D eigenvalue weighted by molar-refractivity contribution is 5.79. The number of carbonyl (C=O) groups excluding carboxylic acids is 1. The largest absolute Gasteiger partial charge is 0.497 e. The molecular weight excluding hydrogens is 452 g/mol. The number of pyridine rings is 1. The quantitative estimate of drug-likeness (QED) is 0.511. The predicted octanol–water partition coefficient (Wildman–Crippen LogP) is 3.37. The van der Waals surface area contributed by atoms with Crippen molar-refractivity contribution in [2.24, 2.45) is 0 Å². The second-order valence-corrected chi connectivity index (χ2v) is 9.50. The molecule has 2 aromatic carbocycles. The lowest BCUT2D eigenvalue weighted by atomic mass is 10.1. The molecule has 1 saturated heterocycles. The zero-order chi connectivity index (χ0) is 24.7. The van der Waals surface area contributed by atoms with Crippen LogP contribution < -0.4 is 9.47 Å². The smallest absolute Gasteiger partial charge is 0.227 e. The molecule has 0 bridgehead atoms. The van der Waals surface area contributed by atoms with Gasteiger partial charge in [-0.3, -0.25) is 19.6 Å². The Labute approximate surface area is 213 Å². The molecule has 0 aliphatic carbocycles. The Morgan fingerprint density at radius 2 is 1.67 bits per heavy atom. The summed E-state index contributed by atoms with van der Waals surface area (Å²) in [7, 11) is 1.65. The van der Waals surface area contributed by atoms with Gasteiger partial charge in [0.2, 0.25) is 5.91 Å². The van der Waals surface area contributed by atoms with Gasteiger partial charge in [-0.1, -0.05) is 24.3 Å². The summed E-state index contributed by atoms with van der Waals surface area (Å²) in [6, 6.07) is 20.2. The van der Waals surface area contributed by atoms with Crippen molar-refractivity contribution < 1.29 is 14.3 Å². The van der Waals surface area contributed by atoms with E-state index in [4.69, 9.17) is 9.47 Å². The second kappa shape index (κ2) is 11.5. The Bertz CT molecular complexity index is 1140. The molecule has 0 radical (unpaired) electrons. The van der Waals surface area contributed by atoms with E-state index in [2.05, 4.69) is 45.1 Å². The van der Waals surface area contributed by atoms with Crippen molar-refractivity contribution in [3.8, 4) is 11.5 Å². The van der Waals surface area contributed by atoms with Gasteiger partial charge < -0.3 is 14.4 Å². The number of carbonyl (C=O) groups is 1. The van der Waals surface area contributed by atoms with Crippen LogP contribution in [-0.2, 0) is 30.8 Å². The van der Waals surface area contributed by atoms with Gasteiger partial charge in [0.15, 0.2) is 0 Å². The number of piperazine rings is 1. The molecule has 3 aromatic rings. The SMILES string of the molecule is COc1ccc(CC(=O)N2CCOc3ccc(CN4CCN(Cc5ccccn5)CC4)cc3C2)cc1. The Kier molecular flexibility index (Phi) is 7.79. The van der Waals surface area contributed by atoms with E-state index < -0.39 is 0 Å². The first-order valence-electron chi connectivity index (χ1n) is 12.7. The molecule has 0 spiro atoms. The van der Waals surface area contributed by atoms with Crippen LogP contribution in [0.3, 0.4) is 0 Å². The molecule has 2 aliphatic heterocycles. The predicted molar refractivity (Wildman–Crippen MR) is 139 cm³/mol. The van der Waals surface area contributed by atoms with E-state index in [9.17, 15) is 4.79 Å². The maximum Gasteiger partial charge on any atom is 0.227 e. The van der Waals surface area contributed by atoms with Crippen LogP contribution >= 0.6 is 0 Å². The molecule has 1 aromatic heterocycles. The summed E-state index contributed by atoms with van der Waals surface area (Å²) in [6.45, 7) is 7.65. The van der Waals surface area contributed by atoms with Crippen LogP contribution in [0, 0.1) is 0 Å². The zero-order valence-corrected chi connectivity index (χ0v) is 20.9. The van der Waals surface area contributed by atoms with Crippen molar-refractivity contribution in [1.29, 1.82) is 0 Å². The van der Waals surface area contributed by atoms with Gasteiger partial charge in [-0.2, -0.15) is 0 Å². The fourth-order valence-corrected chi connectivity index (χ4v) is 4.87. The molecule has 0 atom stereocenters. The first kappa shape index (κ1) is 24.3. The average Bonchev–Trinajstić information content (AvgIpc) is 3.13. The topological polar surface area (TPSA) is 58.1 Å². The molecule has 1 amide bonds. The number of fused-ring (bicyclic) bond motifs is 1. The molecular formula is C29H34N4O3. The Morgan fingerprint density at radius 3 is 2.39 bits per heavy atom. The maximum atomic E-state index is 13.1.